The van der Waals surface area contributed by atoms with Gasteiger partial charge in [0.2, 0.25) is 5.75 Å². The number of allylic oxidation sites excluding steroid dienone is 2. The highest BCUT2D eigenvalue weighted by Crippen LogP contribution is 2.53. The van der Waals surface area contributed by atoms with E-state index in [-0.39, 0.29) is 6.04 Å². The molecule has 0 spiro atoms. The van der Waals surface area contributed by atoms with E-state index >= 15 is 0 Å². The molecule has 2 aromatic rings. The van der Waals surface area contributed by atoms with Gasteiger partial charge in [0.05, 0.1) is 39.7 Å². The fraction of sp³-hybridized carbons (Fsp3) is 0.440. The molecule has 4 rings (SSSR count). The van der Waals surface area contributed by atoms with E-state index in [0.29, 0.717) is 48.9 Å². The van der Waals surface area contributed by atoms with Gasteiger partial charge in [-0.1, -0.05) is 24.3 Å². The number of ether oxygens (including phenoxy) is 5. The number of nitrogens with one attached hydrogen (secondary N) is 1. The van der Waals surface area contributed by atoms with Crippen molar-refractivity contribution in [2.45, 2.75) is 25.3 Å². The van der Waals surface area contributed by atoms with E-state index in [1.54, 1.807) is 21.3 Å². The standard InChI is InChI=1S/C25H31NO5/c1-5-30-12-13-31-20-11-7-10-19-17-8-6-9-18(17)23(26-24(19)20)16-14-21(27-2)25(29-4)22(15-16)28-3/h6-8,10-11,14-15,17-18,23,26H,5,9,12-13H2,1-4H3. The number of methoxy groups -OCH3 is 3. The molecule has 0 radical (unpaired) electrons. The fourth-order valence-electron chi connectivity index (χ4n) is 4.68. The van der Waals surface area contributed by atoms with Crippen LogP contribution in [-0.2, 0) is 4.74 Å². The second-order valence-electron chi connectivity index (χ2n) is 7.70. The van der Waals surface area contributed by atoms with Crippen LogP contribution in [0.3, 0.4) is 0 Å². The maximum absolute atomic E-state index is 6.08. The van der Waals surface area contributed by atoms with Gasteiger partial charge in [0, 0.05) is 12.5 Å². The van der Waals surface area contributed by atoms with Gasteiger partial charge in [0.1, 0.15) is 12.4 Å². The first-order valence-corrected chi connectivity index (χ1v) is 10.8. The number of rotatable bonds is 9. The maximum atomic E-state index is 6.08. The molecule has 0 aromatic heterocycles. The lowest BCUT2D eigenvalue weighted by Gasteiger charge is -2.38. The SMILES string of the molecule is CCOCCOc1cccc2c1NC(c1cc(OC)c(OC)c(OC)c1)C1CC=CC21. The second-order valence-corrected chi connectivity index (χ2v) is 7.70. The molecule has 0 saturated heterocycles. The smallest absolute Gasteiger partial charge is 0.203 e. The van der Waals surface area contributed by atoms with Crippen molar-refractivity contribution in [3.05, 3.63) is 53.6 Å². The molecule has 3 unspecified atom stereocenters. The van der Waals surface area contributed by atoms with Crippen LogP contribution in [0.1, 0.15) is 36.4 Å². The van der Waals surface area contributed by atoms with Crippen molar-refractivity contribution < 1.29 is 23.7 Å². The molecule has 2 aliphatic rings. The molecule has 1 aliphatic heterocycles. The summed E-state index contributed by atoms with van der Waals surface area (Å²) in [6.45, 7) is 3.76. The lowest BCUT2D eigenvalue weighted by molar-refractivity contribution is 0.110. The quantitative estimate of drug-likeness (QED) is 0.453. The van der Waals surface area contributed by atoms with Gasteiger partial charge in [0.15, 0.2) is 11.5 Å². The highest BCUT2D eigenvalue weighted by molar-refractivity contribution is 5.68. The van der Waals surface area contributed by atoms with Crippen molar-refractivity contribution in [1.29, 1.82) is 0 Å². The van der Waals surface area contributed by atoms with Crippen LogP contribution in [0.15, 0.2) is 42.5 Å². The number of benzene rings is 2. The molecule has 2 aromatic carbocycles. The summed E-state index contributed by atoms with van der Waals surface area (Å²) in [5, 5.41) is 3.78. The largest absolute Gasteiger partial charge is 0.493 e. The summed E-state index contributed by atoms with van der Waals surface area (Å²) < 4.78 is 28.2. The summed E-state index contributed by atoms with van der Waals surface area (Å²) in [6, 6.07) is 10.4. The van der Waals surface area contributed by atoms with E-state index in [4.69, 9.17) is 23.7 Å². The topological polar surface area (TPSA) is 58.2 Å². The fourth-order valence-corrected chi connectivity index (χ4v) is 4.68. The van der Waals surface area contributed by atoms with Crippen molar-refractivity contribution >= 4 is 5.69 Å². The normalized spacial score (nSPS) is 21.1. The molecule has 3 atom stereocenters. The van der Waals surface area contributed by atoms with E-state index in [9.17, 15) is 0 Å². The van der Waals surface area contributed by atoms with Crippen LogP contribution in [0.2, 0.25) is 0 Å². The molecule has 0 bridgehead atoms. The molecule has 0 saturated carbocycles. The molecule has 6 nitrogen and oxygen atoms in total. The third kappa shape index (κ3) is 4.04. The van der Waals surface area contributed by atoms with Crippen LogP contribution >= 0.6 is 0 Å². The third-order valence-corrected chi connectivity index (χ3v) is 6.09. The number of hydrogen-bond acceptors (Lipinski definition) is 6. The Morgan fingerprint density at radius 3 is 2.42 bits per heavy atom. The Hall–Kier alpha value is -2.86. The zero-order valence-electron chi connectivity index (χ0n) is 18.6. The molecular weight excluding hydrogens is 394 g/mol. The lowest BCUT2D eigenvalue weighted by atomic mass is 9.77. The number of anilines is 1. The Morgan fingerprint density at radius 1 is 0.968 bits per heavy atom. The Labute approximate surface area is 184 Å². The van der Waals surface area contributed by atoms with Crippen LogP contribution in [0, 0.1) is 5.92 Å². The first-order chi connectivity index (χ1) is 15.2. The second kappa shape index (κ2) is 9.52. The summed E-state index contributed by atoms with van der Waals surface area (Å²) in [5.74, 6) is 3.51. The lowest BCUT2D eigenvalue weighted by Crippen LogP contribution is -2.29. The number of para-hydroxylation sites is 1. The maximum Gasteiger partial charge on any atom is 0.203 e. The van der Waals surface area contributed by atoms with E-state index in [2.05, 4.69) is 29.6 Å². The van der Waals surface area contributed by atoms with Gasteiger partial charge in [-0.15, -0.1) is 0 Å². The van der Waals surface area contributed by atoms with Gasteiger partial charge >= 0.3 is 0 Å². The number of fused-ring (bicyclic) bond motifs is 3. The highest BCUT2D eigenvalue weighted by atomic mass is 16.5. The van der Waals surface area contributed by atoms with Gasteiger partial charge in [-0.25, -0.2) is 0 Å². The predicted molar refractivity (Wildman–Crippen MR) is 121 cm³/mol. The van der Waals surface area contributed by atoms with E-state index in [1.165, 1.54) is 5.56 Å². The zero-order chi connectivity index (χ0) is 21.8. The molecule has 1 N–H and O–H groups in total. The van der Waals surface area contributed by atoms with Crippen molar-refractivity contribution in [2.24, 2.45) is 5.92 Å². The Morgan fingerprint density at radius 2 is 1.74 bits per heavy atom. The summed E-state index contributed by atoms with van der Waals surface area (Å²) in [7, 11) is 4.92. The van der Waals surface area contributed by atoms with Crippen LogP contribution in [-0.4, -0.2) is 41.2 Å². The average molecular weight is 426 g/mol. The molecule has 0 fully saturated rings. The summed E-state index contributed by atoms with van der Waals surface area (Å²) in [5.41, 5.74) is 3.42. The minimum Gasteiger partial charge on any atom is -0.493 e. The van der Waals surface area contributed by atoms with Crippen molar-refractivity contribution in [1.82, 2.24) is 0 Å². The van der Waals surface area contributed by atoms with E-state index in [1.807, 2.05) is 25.1 Å². The Balaban J connectivity index is 1.71. The van der Waals surface area contributed by atoms with Gasteiger partial charge in [-0.3, -0.25) is 0 Å². The minimum atomic E-state index is 0.0813. The number of hydrogen-bond donors (Lipinski definition) is 1. The monoisotopic (exact) mass is 425 g/mol. The Bertz CT molecular complexity index is 916. The van der Waals surface area contributed by atoms with Crippen LogP contribution in [0.4, 0.5) is 5.69 Å². The van der Waals surface area contributed by atoms with Gasteiger partial charge in [-0.2, -0.15) is 0 Å². The van der Waals surface area contributed by atoms with Gasteiger partial charge in [0.25, 0.3) is 0 Å². The summed E-state index contributed by atoms with van der Waals surface area (Å²) >= 11 is 0. The average Bonchev–Trinajstić information content (AvgIpc) is 3.30. The molecule has 6 heteroatoms. The van der Waals surface area contributed by atoms with Gasteiger partial charge < -0.3 is 29.0 Å². The van der Waals surface area contributed by atoms with Crippen LogP contribution < -0.4 is 24.3 Å². The highest BCUT2D eigenvalue weighted by Gasteiger charge is 2.39. The molecule has 1 aliphatic carbocycles. The third-order valence-electron chi connectivity index (χ3n) is 6.09. The van der Waals surface area contributed by atoms with Gasteiger partial charge in [-0.05, 0) is 48.6 Å². The Kier molecular flexibility index (Phi) is 6.56. The van der Waals surface area contributed by atoms with E-state index < -0.39 is 0 Å². The minimum absolute atomic E-state index is 0.0813. The summed E-state index contributed by atoms with van der Waals surface area (Å²) in [4.78, 5) is 0. The van der Waals surface area contributed by atoms with Crippen molar-refractivity contribution in [3.8, 4) is 23.0 Å². The first kappa shape index (κ1) is 21.4. The molecule has 31 heavy (non-hydrogen) atoms. The van der Waals surface area contributed by atoms with Crippen molar-refractivity contribution in [3.63, 3.8) is 0 Å². The molecular formula is C25H31NO5. The molecule has 0 amide bonds. The predicted octanol–water partition coefficient (Wildman–Crippen LogP) is 4.95. The summed E-state index contributed by atoms with van der Waals surface area (Å²) in [6.07, 6.45) is 5.60. The van der Waals surface area contributed by atoms with E-state index in [0.717, 1.165) is 23.4 Å². The zero-order valence-corrected chi connectivity index (χ0v) is 18.6. The van der Waals surface area contributed by atoms with Crippen molar-refractivity contribution in [2.75, 3.05) is 46.5 Å². The van der Waals surface area contributed by atoms with Crippen LogP contribution in [0.5, 0.6) is 23.0 Å². The first-order valence-electron chi connectivity index (χ1n) is 10.8. The molecule has 1 heterocycles. The van der Waals surface area contributed by atoms with Crippen LogP contribution in [0.25, 0.3) is 0 Å². The molecule has 166 valence electrons.